The highest BCUT2D eigenvalue weighted by Crippen LogP contribution is 2.32. The first kappa shape index (κ1) is 16.6. The smallest absolute Gasteiger partial charge is 0.345 e. The number of carbonyl (C=O) groups excluding carboxylic acids is 1. The van der Waals surface area contributed by atoms with Crippen LogP contribution >= 0.6 is 11.3 Å². The number of ether oxygens (including phenoxy) is 3. The number of fused-ring (bicyclic) bond motifs is 2. The first-order valence-electron chi connectivity index (χ1n) is 8.16. The van der Waals surface area contributed by atoms with E-state index in [2.05, 4.69) is 4.98 Å². The Morgan fingerprint density at radius 2 is 2.23 bits per heavy atom. The van der Waals surface area contributed by atoms with Crippen molar-refractivity contribution in [2.45, 2.75) is 25.9 Å². The molecule has 0 radical (unpaired) electrons. The SMILES string of the molecule is CC(CCc1ccc2c(c1)OCO2)OC(=O)c1cnc2sccn2c1=O. The van der Waals surface area contributed by atoms with Gasteiger partial charge in [-0.3, -0.25) is 9.20 Å². The highest BCUT2D eigenvalue weighted by Gasteiger charge is 2.18. The predicted octanol–water partition coefficient (Wildman–Crippen LogP) is 2.66. The van der Waals surface area contributed by atoms with Crippen molar-refractivity contribution in [3.05, 3.63) is 57.5 Å². The fraction of sp³-hybridized carbons (Fsp3) is 0.278. The van der Waals surface area contributed by atoms with Gasteiger partial charge in [-0.25, -0.2) is 9.78 Å². The number of aromatic nitrogens is 2. The van der Waals surface area contributed by atoms with Gasteiger partial charge in [-0.1, -0.05) is 6.07 Å². The van der Waals surface area contributed by atoms with Gasteiger partial charge < -0.3 is 14.2 Å². The first-order chi connectivity index (χ1) is 12.6. The van der Waals surface area contributed by atoms with Gasteiger partial charge in [0.2, 0.25) is 6.79 Å². The molecule has 2 aromatic heterocycles. The van der Waals surface area contributed by atoms with Gasteiger partial charge in [0.05, 0.1) is 12.3 Å². The van der Waals surface area contributed by atoms with Crippen LogP contribution in [0.3, 0.4) is 0 Å². The van der Waals surface area contributed by atoms with Crippen LogP contribution in [0.2, 0.25) is 0 Å². The molecule has 1 aliphatic heterocycles. The molecular weight excluding hydrogens is 356 g/mol. The second-order valence-electron chi connectivity index (χ2n) is 5.97. The molecule has 0 amide bonds. The maximum absolute atomic E-state index is 12.3. The number of nitrogens with zero attached hydrogens (tertiary/aromatic N) is 2. The summed E-state index contributed by atoms with van der Waals surface area (Å²) < 4.78 is 17.4. The highest BCUT2D eigenvalue weighted by molar-refractivity contribution is 7.15. The third-order valence-corrected chi connectivity index (χ3v) is 4.92. The molecule has 4 rings (SSSR count). The van der Waals surface area contributed by atoms with Crippen LogP contribution in [0.5, 0.6) is 11.5 Å². The van der Waals surface area contributed by atoms with Gasteiger partial charge in [0.25, 0.3) is 5.56 Å². The maximum atomic E-state index is 12.3. The van der Waals surface area contributed by atoms with E-state index >= 15 is 0 Å². The van der Waals surface area contributed by atoms with E-state index < -0.39 is 11.5 Å². The lowest BCUT2D eigenvalue weighted by Crippen LogP contribution is -2.25. The largest absolute Gasteiger partial charge is 0.459 e. The summed E-state index contributed by atoms with van der Waals surface area (Å²) in [6, 6.07) is 5.76. The molecule has 134 valence electrons. The van der Waals surface area contributed by atoms with Crippen molar-refractivity contribution >= 4 is 22.3 Å². The molecule has 8 heteroatoms. The summed E-state index contributed by atoms with van der Waals surface area (Å²) in [5, 5.41) is 1.74. The molecule has 1 atom stereocenters. The number of thiazole rings is 1. The molecule has 0 saturated heterocycles. The molecule has 1 aliphatic rings. The van der Waals surface area contributed by atoms with Gasteiger partial charge in [0.1, 0.15) is 5.56 Å². The van der Waals surface area contributed by atoms with E-state index in [1.807, 2.05) is 18.2 Å². The van der Waals surface area contributed by atoms with Gasteiger partial charge in [0.15, 0.2) is 16.5 Å². The molecule has 3 heterocycles. The van der Waals surface area contributed by atoms with E-state index in [4.69, 9.17) is 14.2 Å². The summed E-state index contributed by atoms with van der Waals surface area (Å²) >= 11 is 1.33. The molecule has 26 heavy (non-hydrogen) atoms. The summed E-state index contributed by atoms with van der Waals surface area (Å²) in [4.78, 5) is 29.3. The molecule has 0 spiro atoms. The van der Waals surface area contributed by atoms with Crippen molar-refractivity contribution in [2.75, 3.05) is 6.79 Å². The second-order valence-corrected chi connectivity index (χ2v) is 6.85. The average Bonchev–Trinajstić information content (AvgIpc) is 3.29. The van der Waals surface area contributed by atoms with Gasteiger partial charge in [-0.2, -0.15) is 0 Å². The standard InChI is InChI=1S/C18H16N2O5S/c1-11(2-3-12-4-5-14-15(8-12)24-10-23-14)25-17(22)13-9-19-18-20(16(13)21)6-7-26-18/h4-9,11H,2-3,10H2,1H3. The van der Waals surface area contributed by atoms with Crippen molar-refractivity contribution in [3.8, 4) is 11.5 Å². The molecule has 3 aromatic rings. The average molecular weight is 372 g/mol. The lowest BCUT2D eigenvalue weighted by Gasteiger charge is -2.13. The zero-order valence-corrected chi connectivity index (χ0v) is 14.8. The monoisotopic (exact) mass is 372 g/mol. The number of hydrogen-bond acceptors (Lipinski definition) is 7. The minimum Gasteiger partial charge on any atom is -0.459 e. The number of benzene rings is 1. The van der Waals surface area contributed by atoms with Crippen LogP contribution in [0.25, 0.3) is 4.96 Å². The molecule has 0 N–H and O–H groups in total. The predicted molar refractivity (Wildman–Crippen MR) is 95.1 cm³/mol. The first-order valence-corrected chi connectivity index (χ1v) is 9.04. The molecular formula is C18H16N2O5S. The molecule has 1 aromatic carbocycles. The Morgan fingerprint density at radius 3 is 3.12 bits per heavy atom. The highest BCUT2D eigenvalue weighted by atomic mass is 32.1. The number of esters is 1. The van der Waals surface area contributed by atoms with Crippen LogP contribution < -0.4 is 15.0 Å². The Morgan fingerprint density at radius 1 is 1.38 bits per heavy atom. The second kappa shape index (κ2) is 6.80. The maximum Gasteiger partial charge on any atom is 0.345 e. The van der Waals surface area contributed by atoms with Crippen LogP contribution in [0.15, 0.2) is 40.8 Å². The number of rotatable bonds is 5. The van der Waals surface area contributed by atoms with Crippen LogP contribution in [0, 0.1) is 0 Å². The summed E-state index contributed by atoms with van der Waals surface area (Å²) in [7, 11) is 0. The van der Waals surface area contributed by atoms with E-state index in [1.165, 1.54) is 21.9 Å². The molecule has 0 bridgehead atoms. The molecule has 1 unspecified atom stereocenters. The zero-order chi connectivity index (χ0) is 18.1. The molecule has 7 nitrogen and oxygen atoms in total. The number of hydrogen-bond donors (Lipinski definition) is 0. The van der Waals surface area contributed by atoms with Gasteiger partial charge in [0, 0.05) is 11.6 Å². The Hall–Kier alpha value is -2.87. The third kappa shape index (κ3) is 3.15. The topological polar surface area (TPSA) is 79.1 Å². The van der Waals surface area contributed by atoms with Crippen molar-refractivity contribution in [2.24, 2.45) is 0 Å². The van der Waals surface area contributed by atoms with Crippen LogP contribution in [-0.2, 0) is 11.2 Å². The lowest BCUT2D eigenvalue weighted by molar-refractivity contribution is 0.0322. The van der Waals surface area contributed by atoms with E-state index in [-0.39, 0.29) is 18.5 Å². The Balaban J connectivity index is 1.39. The van der Waals surface area contributed by atoms with Crippen molar-refractivity contribution in [1.29, 1.82) is 0 Å². The van der Waals surface area contributed by atoms with E-state index in [0.29, 0.717) is 17.8 Å². The summed E-state index contributed by atoms with van der Waals surface area (Å²) in [5.41, 5.74) is 0.596. The zero-order valence-electron chi connectivity index (χ0n) is 14.0. The fourth-order valence-electron chi connectivity index (χ4n) is 2.74. The van der Waals surface area contributed by atoms with Crippen molar-refractivity contribution < 1.29 is 19.0 Å². The number of carbonyl (C=O) groups is 1. The van der Waals surface area contributed by atoms with Crippen LogP contribution in [0.1, 0.15) is 29.3 Å². The van der Waals surface area contributed by atoms with Gasteiger partial charge in [-0.15, -0.1) is 11.3 Å². The van der Waals surface area contributed by atoms with E-state index in [0.717, 1.165) is 17.1 Å². The molecule has 0 saturated carbocycles. The van der Waals surface area contributed by atoms with E-state index in [1.54, 1.807) is 18.5 Å². The Labute approximate surface area is 152 Å². The fourth-order valence-corrected chi connectivity index (χ4v) is 3.41. The quantitative estimate of drug-likeness (QED) is 0.641. The van der Waals surface area contributed by atoms with Crippen molar-refractivity contribution in [3.63, 3.8) is 0 Å². The van der Waals surface area contributed by atoms with Crippen LogP contribution in [-0.4, -0.2) is 28.3 Å². The normalized spacial score (nSPS) is 13.7. The van der Waals surface area contributed by atoms with Gasteiger partial charge >= 0.3 is 5.97 Å². The molecule has 0 aliphatic carbocycles. The summed E-state index contributed by atoms with van der Waals surface area (Å²) in [5.74, 6) is 0.821. The summed E-state index contributed by atoms with van der Waals surface area (Å²) in [6.07, 6.45) is 3.87. The lowest BCUT2D eigenvalue weighted by atomic mass is 10.1. The minimum atomic E-state index is -0.652. The van der Waals surface area contributed by atoms with Gasteiger partial charge in [-0.05, 0) is 37.5 Å². The number of aryl methyl sites for hydroxylation is 1. The van der Waals surface area contributed by atoms with Crippen LogP contribution in [0.4, 0.5) is 0 Å². The van der Waals surface area contributed by atoms with Crippen molar-refractivity contribution in [1.82, 2.24) is 9.38 Å². The van der Waals surface area contributed by atoms with E-state index in [9.17, 15) is 9.59 Å². The minimum absolute atomic E-state index is 0.0594. The summed E-state index contributed by atoms with van der Waals surface area (Å²) in [6.45, 7) is 2.05. The third-order valence-electron chi connectivity index (χ3n) is 4.15. The Bertz CT molecular complexity index is 1030. The molecule has 0 fully saturated rings. The Kier molecular flexibility index (Phi) is 4.34.